The highest BCUT2D eigenvalue weighted by atomic mass is 32.2. The lowest BCUT2D eigenvalue weighted by Crippen LogP contribution is -2.18. The number of anilines is 3. The summed E-state index contributed by atoms with van der Waals surface area (Å²) in [4.78, 5) is 13.0. The predicted molar refractivity (Wildman–Crippen MR) is 159 cm³/mol. The molecule has 0 aromatic heterocycles. The van der Waals surface area contributed by atoms with Gasteiger partial charge in [-0.25, -0.2) is 16.8 Å². The van der Waals surface area contributed by atoms with Gasteiger partial charge in [-0.05, 0) is 105 Å². The average molecular weight is 578 g/mol. The van der Waals surface area contributed by atoms with Gasteiger partial charge in [0.15, 0.2) is 0 Å². The van der Waals surface area contributed by atoms with Gasteiger partial charge in [-0.2, -0.15) is 0 Å². The highest BCUT2D eigenvalue weighted by molar-refractivity contribution is 7.93. The lowest BCUT2D eigenvalue weighted by atomic mass is 10.1. The predicted octanol–water partition coefficient (Wildman–Crippen LogP) is 6.08. The van der Waals surface area contributed by atoms with Crippen molar-refractivity contribution in [3.8, 4) is 0 Å². The zero-order valence-electron chi connectivity index (χ0n) is 22.9. The van der Waals surface area contributed by atoms with Crippen LogP contribution in [0.15, 0.2) is 88.7 Å². The molecular weight excluding hydrogens is 546 g/mol. The quantitative estimate of drug-likeness (QED) is 0.234. The molecule has 208 valence electrons. The first-order chi connectivity index (χ1) is 18.7. The number of carbonyl (C=O) groups excluding carboxylic acids is 1. The van der Waals surface area contributed by atoms with Crippen LogP contribution in [-0.4, -0.2) is 22.7 Å². The molecule has 1 amide bonds. The molecule has 8 nitrogen and oxygen atoms in total. The molecule has 40 heavy (non-hydrogen) atoms. The minimum atomic E-state index is -3.97. The van der Waals surface area contributed by atoms with Crippen molar-refractivity contribution in [2.24, 2.45) is 0 Å². The molecule has 0 aliphatic rings. The van der Waals surface area contributed by atoms with Crippen molar-refractivity contribution in [3.05, 3.63) is 112 Å². The Kier molecular flexibility index (Phi) is 8.04. The summed E-state index contributed by atoms with van der Waals surface area (Å²) in [5.74, 6) is -0.535. The van der Waals surface area contributed by atoms with Crippen molar-refractivity contribution in [1.29, 1.82) is 0 Å². The summed E-state index contributed by atoms with van der Waals surface area (Å²) in [6.07, 6.45) is 0. The Balaban J connectivity index is 1.51. The van der Waals surface area contributed by atoms with Gasteiger partial charge in [-0.15, -0.1) is 0 Å². The molecule has 0 aliphatic carbocycles. The largest absolute Gasteiger partial charge is 0.322 e. The molecule has 3 N–H and O–H groups in total. The zero-order valence-corrected chi connectivity index (χ0v) is 24.5. The molecule has 4 aromatic rings. The summed E-state index contributed by atoms with van der Waals surface area (Å²) in [5.41, 5.74) is 5.45. The molecule has 10 heteroatoms. The first-order valence-corrected chi connectivity index (χ1v) is 15.4. The topological polar surface area (TPSA) is 121 Å². The summed E-state index contributed by atoms with van der Waals surface area (Å²) < 4.78 is 57.4. The molecule has 0 heterocycles. The fourth-order valence-electron chi connectivity index (χ4n) is 4.13. The van der Waals surface area contributed by atoms with E-state index in [1.807, 2.05) is 52.0 Å². The molecule has 0 saturated heterocycles. The second kappa shape index (κ2) is 11.1. The van der Waals surface area contributed by atoms with Crippen LogP contribution in [-0.2, 0) is 20.0 Å². The molecular formula is C30H31N3O5S2. The van der Waals surface area contributed by atoms with Gasteiger partial charge in [0.25, 0.3) is 26.0 Å². The molecule has 0 spiro atoms. The Morgan fingerprint density at radius 2 is 1.18 bits per heavy atom. The van der Waals surface area contributed by atoms with Crippen LogP contribution in [0.5, 0.6) is 0 Å². The van der Waals surface area contributed by atoms with Gasteiger partial charge in [0, 0.05) is 11.3 Å². The van der Waals surface area contributed by atoms with Crippen molar-refractivity contribution in [1.82, 2.24) is 0 Å². The smallest absolute Gasteiger partial charge is 0.262 e. The van der Waals surface area contributed by atoms with Gasteiger partial charge in [-0.1, -0.05) is 35.9 Å². The first kappa shape index (κ1) is 28.8. The fourth-order valence-corrected chi connectivity index (χ4v) is 6.65. The van der Waals surface area contributed by atoms with Gasteiger partial charge in [0.2, 0.25) is 0 Å². The summed E-state index contributed by atoms with van der Waals surface area (Å²) in [5, 5.41) is 2.70. The monoisotopic (exact) mass is 577 g/mol. The van der Waals surface area contributed by atoms with Crippen molar-refractivity contribution in [2.75, 3.05) is 14.8 Å². The number of aryl methyl sites for hydroxylation is 5. The minimum absolute atomic E-state index is 0.0139. The van der Waals surface area contributed by atoms with E-state index in [1.54, 1.807) is 25.1 Å². The van der Waals surface area contributed by atoms with Crippen LogP contribution in [0.1, 0.15) is 38.2 Å². The van der Waals surface area contributed by atoms with Crippen LogP contribution in [0.2, 0.25) is 0 Å². The van der Waals surface area contributed by atoms with E-state index in [0.29, 0.717) is 22.6 Å². The standard InChI is InChI=1S/C30H31N3O5S2/c1-19-7-15-27(23(5)16-19)32-39(35,36)26-13-11-25(12-14-26)31-30(34)24-10-9-22(4)29(18-24)40(37,38)33-28-17-20(2)6-8-21(28)3/h6-18,32-33H,1-5H3,(H,31,34). The van der Waals surface area contributed by atoms with Crippen LogP contribution in [0, 0.1) is 34.6 Å². The van der Waals surface area contributed by atoms with E-state index in [1.165, 1.54) is 36.4 Å². The zero-order chi connectivity index (χ0) is 29.2. The maximum absolute atomic E-state index is 13.2. The number of benzene rings is 4. The molecule has 0 unspecified atom stereocenters. The molecule has 4 aromatic carbocycles. The Morgan fingerprint density at radius 3 is 1.85 bits per heavy atom. The van der Waals surface area contributed by atoms with E-state index in [9.17, 15) is 21.6 Å². The third kappa shape index (κ3) is 6.52. The van der Waals surface area contributed by atoms with Gasteiger partial charge in [-0.3, -0.25) is 14.2 Å². The Morgan fingerprint density at radius 1 is 0.575 bits per heavy atom. The van der Waals surface area contributed by atoms with Crippen molar-refractivity contribution >= 4 is 43.0 Å². The maximum atomic E-state index is 13.2. The summed E-state index contributed by atoms with van der Waals surface area (Å²) in [6.45, 7) is 9.09. The third-order valence-corrected chi connectivity index (χ3v) is 9.31. The summed E-state index contributed by atoms with van der Waals surface area (Å²) in [6, 6.07) is 21.1. The Bertz CT molecular complexity index is 1820. The van der Waals surface area contributed by atoms with Crippen LogP contribution in [0.3, 0.4) is 0 Å². The SMILES string of the molecule is Cc1ccc(NS(=O)(=O)c2ccc(NC(=O)c3ccc(C)c(S(=O)(=O)Nc4cc(C)ccc4C)c3)cc2)c(C)c1. The maximum Gasteiger partial charge on any atom is 0.262 e. The minimum Gasteiger partial charge on any atom is -0.322 e. The summed E-state index contributed by atoms with van der Waals surface area (Å²) >= 11 is 0. The van der Waals surface area contributed by atoms with Crippen molar-refractivity contribution in [2.45, 2.75) is 44.4 Å². The van der Waals surface area contributed by atoms with Gasteiger partial charge in [0.05, 0.1) is 21.2 Å². The molecule has 0 atom stereocenters. The Labute approximate surface area is 235 Å². The number of sulfonamides is 2. The number of rotatable bonds is 8. The highest BCUT2D eigenvalue weighted by Crippen LogP contribution is 2.25. The van der Waals surface area contributed by atoms with Crippen LogP contribution in [0.25, 0.3) is 0 Å². The number of hydrogen-bond acceptors (Lipinski definition) is 5. The fraction of sp³-hybridized carbons (Fsp3) is 0.167. The first-order valence-electron chi connectivity index (χ1n) is 12.5. The Hall–Kier alpha value is -4.15. The van der Waals surface area contributed by atoms with Crippen LogP contribution in [0.4, 0.5) is 17.1 Å². The van der Waals surface area contributed by atoms with Gasteiger partial charge < -0.3 is 5.32 Å². The van der Waals surface area contributed by atoms with E-state index < -0.39 is 26.0 Å². The van der Waals surface area contributed by atoms with Crippen LogP contribution < -0.4 is 14.8 Å². The lowest BCUT2D eigenvalue weighted by Gasteiger charge is -2.14. The molecule has 4 rings (SSSR count). The highest BCUT2D eigenvalue weighted by Gasteiger charge is 2.21. The van der Waals surface area contributed by atoms with E-state index in [0.717, 1.165) is 22.3 Å². The average Bonchev–Trinajstić information content (AvgIpc) is 2.88. The number of amides is 1. The third-order valence-electron chi connectivity index (χ3n) is 6.43. The molecule has 0 bridgehead atoms. The molecule has 0 fully saturated rings. The van der Waals surface area contributed by atoms with Gasteiger partial charge >= 0.3 is 0 Å². The molecule has 0 radical (unpaired) electrons. The van der Waals surface area contributed by atoms with Crippen molar-refractivity contribution < 1.29 is 21.6 Å². The van der Waals surface area contributed by atoms with E-state index in [4.69, 9.17) is 0 Å². The second-order valence-corrected chi connectivity index (χ2v) is 13.1. The van der Waals surface area contributed by atoms with Gasteiger partial charge in [0.1, 0.15) is 0 Å². The normalized spacial score (nSPS) is 11.6. The second-order valence-electron chi connectivity index (χ2n) is 9.81. The molecule has 0 saturated carbocycles. The number of carbonyl (C=O) groups is 1. The lowest BCUT2D eigenvalue weighted by molar-refractivity contribution is 0.102. The van der Waals surface area contributed by atoms with Crippen molar-refractivity contribution in [3.63, 3.8) is 0 Å². The van der Waals surface area contributed by atoms with E-state index >= 15 is 0 Å². The van der Waals surface area contributed by atoms with Crippen LogP contribution >= 0.6 is 0 Å². The van der Waals surface area contributed by atoms with E-state index in [2.05, 4.69) is 14.8 Å². The van der Waals surface area contributed by atoms with E-state index in [-0.39, 0.29) is 15.4 Å². The molecule has 0 aliphatic heterocycles. The number of hydrogen-bond donors (Lipinski definition) is 3. The number of nitrogens with one attached hydrogen (secondary N) is 3. The summed E-state index contributed by atoms with van der Waals surface area (Å²) in [7, 11) is -7.81.